The minimum atomic E-state index is 0.537. The van der Waals surface area contributed by atoms with Crippen LogP contribution in [0.2, 0.25) is 4.34 Å². The number of aliphatic imine (C=N–C) groups is 1. The zero-order valence-corrected chi connectivity index (χ0v) is 15.1. The van der Waals surface area contributed by atoms with E-state index in [1.54, 1.807) is 11.3 Å². The number of thiophene rings is 1. The number of nitrogens with one attached hydrogen (secondary N) is 2. The van der Waals surface area contributed by atoms with Crippen LogP contribution >= 0.6 is 22.9 Å². The largest absolute Gasteiger partial charge is 0.356 e. The van der Waals surface area contributed by atoms with Crippen LogP contribution in [0.15, 0.2) is 17.1 Å². The Kier molecular flexibility index (Phi) is 7.49. The summed E-state index contributed by atoms with van der Waals surface area (Å²) in [5, 5.41) is 6.95. The second-order valence-electron chi connectivity index (χ2n) is 5.72. The van der Waals surface area contributed by atoms with Crippen LogP contribution in [0.3, 0.4) is 0 Å². The first-order valence-electron chi connectivity index (χ1n) is 8.15. The van der Waals surface area contributed by atoms with Gasteiger partial charge >= 0.3 is 0 Å². The van der Waals surface area contributed by atoms with E-state index in [0.717, 1.165) is 23.3 Å². The lowest BCUT2D eigenvalue weighted by molar-refractivity contribution is 0.206. The van der Waals surface area contributed by atoms with Crippen LogP contribution in [0.1, 0.15) is 31.1 Å². The van der Waals surface area contributed by atoms with Gasteiger partial charge in [-0.3, -0.25) is 4.99 Å². The first-order chi connectivity index (χ1) is 10.7. The molecule has 1 saturated heterocycles. The molecule has 0 aromatic carbocycles. The zero-order valence-electron chi connectivity index (χ0n) is 13.6. The molecule has 1 aromatic rings. The van der Waals surface area contributed by atoms with Crippen molar-refractivity contribution in [2.75, 3.05) is 33.2 Å². The first-order valence-corrected chi connectivity index (χ1v) is 9.34. The van der Waals surface area contributed by atoms with Crippen molar-refractivity contribution in [3.8, 4) is 0 Å². The summed E-state index contributed by atoms with van der Waals surface area (Å²) >= 11 is 7.60. The SMILES string of the molecule is CCCN1CCC(NC(=NC)NCCc2ccc(Cl)s2)CC1. The molecule has 1 aliphatic rings. The lowest BCUT2D eigenvalue weighted by atomic mass is 10.1. The van der Waals surface area contributed by atoms with Gasteiger partial charge in [0.25, 0.3) is 0 Å². The van der Waals surface area contributed by atoms with Gasteiger partial charge in [-0.05, 0) is 44.4 Å². The van der Waals surface area contributed by atoms with Crippen molar-refractivity contribution in [3.05, 3.63) is 21.3 Å². The molecular formula is C16H27ClN4S. The molecular weight excluding hydrogens is 316 g/mol. The highest BCUT2D eigenvalue weighted by molar-refractivity contribution is 7.16. The second kappa shape index (κ2) is 9.38. The molecule has 0 spiro atoms. The number of hydrogen-bond acceptors (Lipinski definition) is 3. The number of likely N-dealkylation sites (tertiary alicyclic amines) is 1. The predicted octanol–water partition coefficient (Wildman–Crippen LogP) is 2.98. The number of piperidine rings is 1. The average molecular weight is 343 g/mol. The van der Waals surface area contributed by atoms with Crippen molar-refractivity contribution in [2.45, 2.75) is 38.6 Å². The molecule has 0 atom stereocenters. The maximum absolute atomic E-state index is 5.95. The molecule has 0 radical (unpaired) electrons. The van der Waals surface area contributed by atoms with Crippen molar-refractivity contribution in [2.24, 2.45) is 4.99 Å². The number of guanidine groups is 1. The lowest BCUT2D eigenvalue weighted by Gasteiger charge is -2.32. The lowest BCUT2D eigenvalue weighted by Crippen LogP contribution is -2.49. The summed E-state index contributed by atoms with van der Waals surface area (Å²) in [6, 6.07) is 4.59. The van der Waals surface area contributed by atoms with Crippen molar-refractivity contribution in [1.82, 2.24) is 15.5 Å². The van der Waals surface area contributed by atoms with Crippen LogP contribution in [0.4, 0.5) is 0 Å². The van der Waals surface area contributed by atoms with Crippen molar-refractivity contribution >= 4 is 28.9 Å². The number of halogens is 1. The Labute approximate surface area is 143 Å². The minimum absolute atomic E-state index is 0.537. The third-order valence-corrected chi connectivity index (χ3v) is 5.28. The molecule has 1 fully saturated rings. The van der Waals surface area contributed by atoms with Crippen LogP contribution in [0, 0.1) is 0 Å². The minimum Gasteiger partial charge on any atom is -0.356 e. The molecule has 0 saturated carbocycles. The van der Waals surface area contributed by atoms with E-state index in [1.165, 1.54) is 43.8 Å². The van der Waals surface area contributed by atoms with Crippen LogP contribution in [0.5, 0.6) is 0 Å². The van der Waals surface area contributed by atoms with Gasteiger partial charge < -0.3 is 15.5 Å². The molecule has 0 aliphatic carbocycles. The molecule has 2 rings (SSSR count). The Morgan fingerprint density at radius 3 is 2.77 bits per heavy atom. The highest BCUT2D eigenvalue weighted by atomic mass is 35.5. The quantitative estimate of drug-likeness (QED) is 0.616. The summed E-state index contributed by atoms with van der Waals surface area (Å²) < 4.78 is 0.858. The van der Waals surface area contributed by atoms with E-state index in [0.29, 0.717) is 6.04 Å². The molecule has 22 heavy (non-hydrogen) atoms. The van der Waals surface area contributed by atoms with Gasteiger partial charge in [-0.2, -0.15) is 0 Å². The third kappa shape index (κ3) is 5.78. The maximum Gasteiger partial charge on any atom is 0.191 e. The number of rotatable bonds is 6. The molecule has 0 amide bonds. The van der Waals surface area contributed by atoms with Gasteiger partial charge in [-0.25, -0.2) is 0 Å². The molecule has 2 heterocycles. The summed E-state index contributed by atoms with van der Waals surface area (Å²) in [4.78, 5) is 8.19. The van der Waals surface area contributed by atoms with E-state index in [-0.39, 0.29) is 0 Å². The maximum atomic E-state index is 5.95. The Bertz CT molecular complexity index is 466. The molecule has 6 heteroatoms. The number of nitrogens with zero attached hydrogens (tertiary/aromatic N) is 2. The molecule has 0 bridgehead atoms. The highest BCUT2D eigenvalue weighted by Gasteiger charge is 2.19. The standard InChI is InChI=1S/C16H27ClN4S/c1-3-10-21-11-7-13(8-12-21)20-16(18-2)19-9-6-14-4-5-15(17)22-14/h4-5,13H,3,6-12H2,1-2H3,(H2,18,19,20). The van der Waals surface area contributed by atoms with Gasteiger partial charge in [0.1, 0.15) is 0 Å². The highest BCUT2D eigenvalue weighted by Crippen LogP contribution is 2.21. The molecule has 2 N–H and O–H groups in total. The predicted molar refractivity (Wildman–Crippen MR) is 97.3 cm³/mol. The van der Waals surface area contributed by atoms with Gasteiger partial charge in [-0.15, -0.1) is 11.3 Å². The van der Waals surface area contributed by atoms with Crippen LogP contribution in [0.25, 0.3) is 0 Å². The monoisotopic (exact) mass is 342 g/mol. The van der Waals surface area contributed by atoms with E-state index in [1.807, 2.05) is 13.1 Å². The van der Waals surface area contributed by atoms with E-state index < -0.39 is 0 Å². The zero-order chi connectivity index (χ0) is 15.8. The van der Waals surface area contributed by atoms with Gasteiger partial charge in [0.15, 0.2) is 5.96 Å². The van der Waals surface area contributed by atoms with Crippen LogP contribution in [-0.4, -0.2) is 50.1 Å². The smallest absolute Gasteiger partial charge is 0.191 e. The fourth-order valence-electron chi connectivity index (χ4n) is 2.80. The fourth-order valence-corrected chi connectivity index (χ4v) is 3.88. The molecule has 0 unspecified atom stereocenters. The normalized spacial score (nSPS) is 17.7. The van der Waals surface area contributed by atoms with Gasteiger partial charge in [0.2, 0.25) is 0 Å². The Hall–Kier alpha value is -0.780. The molecule has 4 nitrogen and oxygen atoms in total. The summed E-state index contributed by atoms with van der Waals surface area (Å²) in [6.07, 6.45) is 4.61. The molecule has 1 aliphatic heterocycles. The second-order valence-corrected chi connectivity index (χ2v) is 7.51. The first kappa shape index (κ1) is 17.6. The van der Waals surface area contributed by atoms with Crippen molar-refractivity contribution < 1.29 is 0 Å². The average Bonchev–Trinajstić information content (AvgIpc) is 2.94. The Balaban J connectivity index is 1.67. The van der Waals surface area contributed by atoms with E-state index in [9.17, 15) is 0 Å². The Morgan fingerprint density at radius 2 is 2.18 bits per heavy atom. The van der Waals surface area contributed by atoms with Crippen molar-refractivity contribution in [3.63, 3.8) is 0 Å². The summed E-state index contributed by atoms with van der Waals surface area (Å²) in [6.45, 7) is 6.73. The molecule has 124 valence electrons. The van der Waals surface area contributed by atoms with Crippen LogP contribution < -0.4 is 10.6 Å². The fraction of sp³-hybridized carbons (Fsp3) is 0.688. The van der Waals surface area contributed by atoms with E-state index >= 15 is 0 Å². The van der Waals surface area contributed by atoms with Gasteiger partial charge in [0.05, 0.1) is 4.34 Å². The van der Waals surface area contributed by atoms with Crippen molar-refractivity contribution in [1.29, 1.82) is 0 Å². The number of hydrogen-bond donors (Lipinski definition) is 2. The van der Waals surface area contributed by atoms with E-state index in [2.05, 4.69) is 33.5 Å². The van der Waals surface area contributed by atoms with E-state index in [4.69, 9.17) is 11.6 Å². The van der Waals surface area contributed by atoms with Crippen LogP contribution in [-0.2, 0) is 6.42 Å². The summed E-state index contributed by atoms with van der Waals surface area (Å²) in [5.74, 6) is 0.914. The molecule has 1 aromatic heterocycles. The summed E-state index contributed by atoms with van der Waals surface area (Å²) in [7, 11) is 1.84. The Morgan fingerprint density at radius 1 is 1.41 bits per heavy atom. The summed E-state index contributed by atoms with van der Waals surface area (Å²) in [5.41, 5.74) is 0. The van der Waals surface area contributed by atoms with Gasteiger partial charge in [0, 0.05) is 37.6 Å². The third-order valence-electron chi connectivity index (χ3n) is 3.98. The van der Waals surface area contributed by atoms with Gasteiger partial charge in [-0.1, -0.05) is 18.5 Å². The topological polar surface area (TPSA) is 39.7 Å².